The highest BCUT2D eigenvalue weighted by atomic mass is 35.5. The van der Waals surface area contributed by atoms with Gasteiger partial charge in [-0.25, -0.2) is 0 Å². The molecule has 0 aliphatic heterocycles. The fourth-order valence-electron chi connectivity index (χ4n) is 2.81. The molecular formula is C14H16ClF3O. The van der Waals surface area contributed by atoms with E-state index >= 15 is 0 Å². The summed E-state index contributed by atoms with van der Waals surface area (Å²) in [6, 6.07) is 6.91. The minimum atomic E-state index is -4.22. The predicted octanol–water partition coefficient (Wildman–Crippen LogP) is 4.37. The van der Waals surface area contributed by atoms with Crippen LogP contribution in [0.25, 0.3) is 0 Å². The first-order chi connectivity index (χ1) is 8.78. The lowest BCUT2D eigenvalue weighted by Crippen LogP contribution is -2.41. The zero-order valence-electron chi connectivity index (χ0n) is 10.4. The molecule has 1 saturated carbocycles. The fourth-order valence-corrected chi connectivity index (χ4v) is 3.02. The largest absolute Gasteiger partial charge is 0.391 e. The quantitative estimate of drug-likeness (QED) is 0.858. The number of halogens is 4. The Bertz CT molecular complexity index is 447. The van der Waals surface area contributed by atoms with E-state index in [0.29, 0.717) is 17.9 Å². The lowest BCUT2D eigenvalue weighted by Gasteiger charge is -2.37. The van der Waals surface area contributed by atoms with E-state index in [0.717, 1.165) is 5.56 Å². The molecule has 2 unspecified atom stereocenters. The van der Waals surface area contributed by atoms with Gasteiger partial charge >= 0.3 is 6.18 Å². The minimum absolute atomic E-state index is 0.112. The third-order valence-corrected chi connectivity index (χ3v) is 3.94. The van der Waals surface area contributed by atoms with Crippen LogP contribution in [0.5, 0.6) is 0 Å². The van der Waals surface area contributed by atoms with E-state index in [4.69, 9.17) is 11.6 Å². The first kappa shape index (κ1) is 14.7. The highest BCUT2D eigenvalue weighted by molar-refractivity contribution is 6.30. The SMILES string of the molecule is OC1(Cc2cccc(Cl)c2)CCCC(C(F)(F)F)C1. The molecule has 0 aromatic heterocycles. The second kappa shape index (κ2) is 5.33. The topological polar surface area (TPSA) is 20.2 Å². The molecule has 2 rings (SSSR count). The van der Waals surface area contributed by atoms with Crippen LogP contribution in [0.4, 0.5) is 13.2 Å². The van der Waals surface area contributed by atoms with E-state index in [1.165, 1.54) is 0 Å². The second-order valence-corrected chi connectivity index (χ2v) is 5.80. The van der Waals surface area contributed by atoms with Gasteiger partial charge in [-0.3, -0.25) is 0 Å². The Morgan fingerprint density at radius 1 is 1.37 bits per heavy atom. The first-order valence-electron chi connectivity index (χ1n) is 6.32. The Balaban J connectivity index is 2.10. The van der Waals surface area contributed by atoms with Gasteiger partial charge in [0.15, 0.2) is 0 Å². The summed E-state index contributed by atoms with van der Waals surface area (Å²) in [5, 5.41) is 10.9. The van der Waals surface area contributed by atoms with Crippen molar-refractivity contribution in [2.24, 2.45) is 5.92 Å². The molecule has 1 aromatic rings. The van der Waals surface area contributed by atoms with Gasteiger partial charge in [0.05, 0.1) is 11.5 Å². The maximum Gasteiger partial charge on any atom is 0.391 e. The third-order valence-electron chi connectivity index (χ3n) is 3.71. The monoisotopic (exact) mass is 292 g/mol. The highest BCUT2D eigenvalue weighted by Gasteiger charge is 2.46. The van der Waals surface area contributed by atoms with Crippen molar-refractivity contribution >= 4 is 11.6 Å². The van der Waals surface area contributed by atoms with Crippen molar-refractivity contribution in [3.05, 3.63) is 34.9 Å². The Hall–Kier alpha value is -0.740. The molecule has 0 radical (unpaired) electrons. The molecule has 0 saturated heterocycles. The summed E-state index contributed by atoms with van der Waals surface area (Å²) in [5.74, 6) is -1.40. The van der Waals surface area contributed by atoms with Crippen molar-refractivity contribution < 1.29 is 18.3 Å². The van der Waals surface area contributed by atoms with Crippen molar-refractivity contribution in [2.75, 3.05) is 0 Å². The summed E-state index contributed by atoms with van der Waals surface area (Å²) < 4.78 is 38.3. The maximum absolute atomic E-state index is 12.8. The summed E-state index contributed by atoms with van der Waals surface area (Å²) in [6.07, 6.45) is -3.29. The zero-order valence-corrected chi connectivity index (χ0v) is 11.1. The van der Waals surface area contributed by atoms with Crippen molar-refractivity contribution in [2.45, 2.75) is 43.9 Å². The minimum Gasteiger partial charge on any atom is -0.390 e. The van der Waals surface area contributed by atoms with Crippen LogP contribution in [0.3, 0.4) is 0 Å². The number of aliphatic hydroxyl groups is 1. The standard InChI is InChI=1S/C14H16ClF3O/c15-12-5-1-3-10(7-12)8-13(19)6-2-4-11(9-13)14(16,17)18/h1,3,5,7,11,19H,2,4,6,8-9H2. The number of benzene rings is 1. The summed E-state index contributed by atoms with van der Waals surface area (Å²) in [6.45, 7) is 0. The third kappa shape index (κ3) is 3.86. The summed E-state index contributed by atoms with van der Waals surface area (Å²) in [5.41, 5.74) is -0.499. The predicted molar refractivity (Wildman–Crippen MR) is 68.1 cm³/mol. The van der Waals surface area contributed by atoms with Crippen molar-refractivity contribution in [3.8, 4) is 0 Å². The molecule has 0 spiro atoms. The lowest BCUT2D eigenvalue weighted by atomic mass is 9.75. The van der Waals surface area contributed by atoms with Crippen molar-refractivity contribution in [1.82, 2.24) is 0 Å². The van der Waals surface area contributed by atoms with Gasteiger partial charge in [0.1, 0.15) is 0 Å². The van der Waals surface area contributed by atoms with Gasteiger partial charge < -0.3 is 5.11 Å². The highest BCUT2D eigenvalue weighted by Crippen LogP contribution is 2.42. The average Bonchev–Trinajstić information content (AvgIpc) is 2.27. The molecule has 106 valence electrons. The van der Waals surface area contributed by atoms with Crippen LogP contribution in [0, 0.1) is 5.92 Å². The Kier molecular flexibility index (Phi) is 4.11. The summed E-state index contributed by atoms with van der Waals surface area (Å²) in [4.78, 5) is 0. The molecule has 0 bridgehead atoms. The number of hydrogen-bond donors (Lipinski definition) is 1. The molecule has 2 atom stereocenters. The van der Waals surface area contributed by atoms with Crippen LogP contribution in [0.1, 0.15) is 31.2 Å². The van der Waals surface area contributed by atoms with Gasteiger partial charge in [-0.15, -0.1) is 0 Å². The molecule has 1 nitrogen and oxygen atoms in total. The Morgan fingerprint density at radius 3 is 2.74 bits per heavy atom. The number of alkyl halides is 3. The Morgan fingerprint density at radius 2 is 2.11 bits per heavy atom. The average molecular weight is 293 g/mol. The molecule has 1 aliphatic carbocycles. The Labute approximate surface area is 115 Å². The molecule has 0 heterocycles. The van der Waals surface area contributed by atoms with Gasteiger partial charge in [0.25, 0.3) is 0 Å². The van der Waals surface area contributed by atoms with Crippen molar-refractivity contribution in [1.29, 1.82) is 0 Å². The van der Waals surface area contributed by atoms with E-state index in [1.807, 2.05) is 0 Å². The van der Waals surface area contributed by atoms with E-state index in [-0.39, 0.29) is 19.3 Å². The summed E-state index contributed by atoms with van der Waals surface area (Å²) >= 11 is 5.85. The van der Waals surface area contributed by atoms with Gasteiger partial charge in [0, 0.05) is 11.4 Å². The van der Waals surface area contributed by atoms with E-state index in [2.05, 4.69) is 0 Å². The molecule has 19 heavy (non-hydrogen) atoms. The molecule has 1 aromatic carbocycles. The normalized spacial score (nSPS) is 28.4. The summed E-state index contributed by atoms with van der Waals surface area (Å²) in [7, 11) is 0. The second-order valence-electron chi connectivity index (χ2n) is 5.37. The van der Waals surface area contributed by atoms with Crippen LogP contribution in [0.15, 0.2) is 24.3 Å². The maximum atomic E-state index is 12.8. The van der Waals surface area contributed by atoms with Crippen LogP contribution in [0.2, 0.25) is 5.02 Å². The smallest absolute Gasteiger partial charge is 0.390 e. The molecule has 1 fully saturated rings. The van der Waals surface area contributed by atoms with Crippen LogP contribution < -0.4 is 0 Å². The van der Waals surface area contributed by atoms with E-state index in [9.17, 15) is 18.3 Å². The van der Waals surface area contributed by atoms with Gasteiger partial charge in [-0.2, -0.15) is 13.2 Å². The van der Waals surface area contributed by atoms with Gasteiger partial charge in [-0.1, -0.05) is 23.7 Å². The van der Waals surface area contributed by atoms with Crippen LogP contribution in [-0.2, 0) is 6.42 Å². The lowest BCUT2D eigenvalue weighted by molar-refractivity contribution is -0.200. The molecule has 1 N–H and O–H groups in total. The number of rotatable bonds is 2. The van der Waals surface area contributed by atoms with Crippen molar-refractivity contribution in [3.63, 3.8) is 0 Å². The van der Waals surface area contributed by atoms with Gasteiger partial charge in [0.2, 0.25) is 0 Å². The molecule has 0 amide bonds. The zero-order chi connectivity index (χ0) is 14.1. The molecule has 5 heteroatoms. The van der Waals surface area contributed by atoms with Crippen LogP contribution in [-0.4, -0.2) is 16.9 Å². The number of hydrogen-bond acceptors (Lipinski definition) is 1. The van der Waals surface area contributed by atoms with Crippen LogP contribution >= 0.6 is 11.6 Å². The van der Waals surface area contributed by atoms with E-state index in [1.54, 1.807) is 24.3 Å². The fraction of sp³-hybridized carbons (Fsp3) is 0.571. The van der Waals surface area contributed by atoms with E-state index < -0.39 is 17.7 Å². The first-order valence-corrected chi connectivity index (χ1v) is 6.70. The van der Waals surface area contributed by atoms with Gasteiger partial charge in [-0.05, 0) is 43.4 Å². The molecular weight excluding hydrogens is 277 g/mol. The molecule has 1 aliphatic rings.